The first-order chi connectivity index (χ1) is 16.7. The molecular formula is C27H22N6O. The lowest BCUT2D eigenvalue weighted by molar-refractivity contribution is 0.0946. The molecule has 0 spiro atoms. The maximum Gasteiger partial charge on any atom is 0.270 e. The summed E-state index contributed by atoms with van der Waals surface area (Å²) in [4.78, 5) is 30.7. The summed E-state index contributed by atoms with van der Waals surface area (Å²) in [6.07, 6.45) is 4.90. The van der Waals surface area contributed by atoms with Crippen molar-refractivity contribution in [3.8, 4) is 22.4 Å². The molecule has 5 rings (SSSR count). The summed E-state index contributed by atoms with van der Waals surface area (Å²) in [5.41, 5.74) is 5.81. The summed E-state index contributed by atoms with van der Waals surface area (Å²) < 4.78 is 0. The summed E-state index contributed by atoms with van der Waals surface area (Å²) in [5, 5.41) is 6.69. The lowest BCUT2D eigenvalue weighted by Crippen LogP contribution is -2.25. The Hall–Kier alpha value is -4.65. The quantitative estimate of drug-likeness (QED) is 0.392. The van der Waals surface area contributed by atoms with Gasteiger partial charge in [-0.15, -0.1) is 0 Å². The fourth-order valence-corrected chi connectivity index (χ4v) is 3.79. The third kappa shape index (κ3) is 4.31. The third-order valence-electron chi connectivity index (χ3n) is 5.52. The number of nitrogens with one attached hydrogen (secondary N) is 2. The molecule has 166 valence electrons. The number of pyridine rings is 2. The molecule has 0 aliphatic heterocycles. The molecule has 0 fully saturated rings. The van der Waals surface area contributed by atoms with E-state index in [1.54, 1.807) is 24.7 Å². The lowest BCUT2D eigenvalue weighted by atomic mass is 9.97. The van der Waals surface area contributed by atoms with Crippen LogP contribution in [0.3, 0.4) is 0 Å². The predicted octanol–water partition coefficient (Wildman–Crippen LogP) is 4.73. The number of carbonyl (C=O) groups excluding carboxylic acids is 1. The number of hydrogen-bond acceptors (Lipinski definition) is 6. The van der Waals surface area contributed by atoms with E-state index in [4.69, 9.17) is 4.98 Å². The number of fused-ring (bicyclic) bond motifs is 1. The average Bonchev–Trinajstić information content (AvgIpc) is 2.91. The Morgan fingerprint density at radius 3 is 2.32 bits per heavy atom. The fraction of sp³-hybridized carbons (Fsp3) is 0.0741. The summed E-state index contributed by atoms with van der Waals surface area (Å²) in [5.74, 6) is 0.233. The van der Waals surface area contributed by atoms with Gasteiger partial charge in [0.05, 0.1) is 17.8 Å². The van der Waals surface area contributed by atoms with Gasteiger partial charge in [-0.05, 0) is 35.9 Å². The van der Waals surface area contributed by atoms with Crippen LogP contribution in [0.4, 0.5) is 5.69 Å². The topological polar surface area (TPSA) is 92.7 Å². The maximum atomic E-state index is 13.0. The molecule has 0 radical (unpaired) electrons. The highest BCUT2D eigenvalue weighted by atomic mass is 16.1. The van der Waals surface area contributed by atoms with Gasteiger partial charge in [-0.1, -0.05) is 42.5 Å². The number of aromatic nitrogens is 4. The van der Waals surface area contributed by atoms with E-state index in [2.05, 4.69) is 25.6 Å². The van der Waals surface area contributed by atoms with Crippen LogP contribution in [0.1, 0.15) is 16.3 Å². The SMILES string of the molecule is CNc1ccc(-c2nc3ccnc(C(=O)NCc4ncccn4)c3cc2-c2ccccc2)cc1. The highest BCUT2D eigenvalue weighted by Crippen LogP contribution is 2.34. The molecule has 5 aromatic rings. The molecule has 7 heteroatoms. The summed E-state index contributed by atoms with van der Waals surface area (Å²) >= 11 is 0. The maximum absolute atomic E-state index is 13.0. The summed E-state index contributed by atoms with van der Waals surface area (Å²) in [7, 11) is 1.89. The Balaban J connectivity index is 1.60. The normalized spacial score (nSPS) is 10.7. The van der Waals surface area contributed by atoms with Gasteiger partial charge in [0.2, 0.25) is 0 Å². The summed E-state index contributed by atoms with van der Waals surface area (Å²) in [6, 6.07) is 23.7. The largest absolute Gasteiger partial charge is 0.388 e. The van der Waals surface area contributed by atoms with Gasteiger partial charge in [-0.25, -0.2) is 15.0 Å². The molecule has 3 aromatic heterocycles. The van der Waals surface area contributed by atoms with Crippen molar-refractivity contribution in [3.63, 3.8) is 0 Å². The van der Waals surface area contributed by atoms with Crippen molar-refractivity contribution in [2.24, 2.45) is 0 Å². The van der Waals surface area contributed by atoms with E-state index in [0.717, 1.165) is 28.1 Å². The molecule has 1 amide bonds. The smallest absolute Gasteiger partial charge is 0.270 e. The zero-order valence-electron chi connectivity index (χ0n) is 18.6. The highest BCUT2D eigenvalue weighted by molar-refractivity contribution is 6.06. The van der Waals surface area contributed by atoms with Gasteiger partial charge in [0.15, 0.2) is 0 Å². The zero-order valence-corrected chi connectivity index (χ0v) is 18.6. The van der Waals surface area contributed by atoms with Crippen LogP contribution in [-0.4, -0.2) is 32.9 Å². The first kappa shape index (κ1) is 21.2. The van der Waals surface area contributed by atoms with E-state index in [0.29, 0.717) is 22.4 Å². The molecule has 0 saturated carbocycles. The molecule has 0 atom stereocenters. The minimum atomic E-state index is -0.301. The second-order valence-corrected chi connectivity index (χ2v) is 7.65. The third-order valence-corrected chi connectivity index (χ3v) is 5.52. The molecule has 0 aliphatic carbocycles. The highest BCUT2D eigenvalue weighted by Gasteiger charge is 2.17. The van der Waals surface area contributed by atoms with Crippen LogP contribution in [-0.2, 0) is 6.54 Å². The fourth-order valence-electron chi connectivity index (χ4n) is 3.79. The minimum absolute atomic E-state index is 0.215. The molecule has 3 heterocycles. The van der Waals surface area contributed by atoms with Gasteiger partial charge in [0.1, 0.15) is 11.5 Å². The first-order valence-electron chi connectivity index (χ1n) is 10.9. The van der Waals surface area contributed by atoms with Crippen LogP contribution in [0, 0.1) is 0 Å². The average molecular weight is 447 g/mol. The van der Waals surface area contributed by atoms with Crippen LogP contribution in [0.2, 0.25) is 0 Å². The van der Waals surface area contributed by atoms with Crippen molar-refractivity contribution >= 4 is 22.5 Å². The van der Waals surface area contributed by atoms with E-state index in [1.807, 2.05) is 73.8 Å². The molecule has 2 N–H and O–H groups in total. The van der Waals surface area contributed by atoms with Crippen molar-refractivity contribution in [2.45, 2.75) is 6.54 Å². The lowest BCUT2D eigenvalue weighted by Gasteiger charge is -2.14. The van der Waals surface area contributed by atoms with Crippen LogP contribution < -0.4 is 10.6 Å². The second-order valence-electron chi connectivity index (χ2n) is 7.65. The molecule has 0 unspecified atom stereocenters. The van der Waals surface area contributed by atoms with Gasteiger partial charge in [-0.2, -0.15) is 0 Å². The van der Waals surface area contributed by atoms with E-state index in [1.165, 1.54) is 0 Å². The molecule has 34 heavy (non-hydrogen) atoms. The number of hydrogen-bond donors (Lipinski definition) is 2. The van der Waals surface area contributed by atoms with Crippen molar-refractivity contribution in [1.82, 2.24) is 25.3 Å². The van der Waals surface area contributed by atoms with Crippen LogP contribution in [0.5, 0.6) is 0 Å². The van der Waals surface area contributed by atoms with Crippen LogP contribution >= 0.6 is 0 Å². The van der Waals surface area contributed by atoms with Gasteiger partial charge >= 0.3 is 0 Å². The standard InChI is InChI=1S/C27H22N6O/c1-28-20-10-8-19(9-11-20)25-21(18-6-3-2-4-7-18)16-22-23(33-25)12-15-31-26(22)27(34)32-17-24-29-13-5-14-30-24/h2-16,28H,17H2,1H3,(H,32,34). The van der Waals surface area contributed by atoms with Crippen molar-refractivity contribution in [1.29, 1.82) is 0 Å². The Kier molecular flexibility index (Phi) is 5.90. The van der Waals surface area contributed by atoms with E-state index in [-0.39, 0.29) is 12.5 Å². The molecule has 0 aliphatic rings. The summed E-state index contributed by atoms with van der Waals surface area (Å²) in [6.45, 7) is 0.215. The number of carbonyl (C=O) groups is 1. The number of rotatable bonds is 6. The van der Waals surface area contributed by atoms with Crippen LogP contribution in [0.15, 0.2) is 91.4 Å². The molecule has 0 saturated heterocycles. The van der Waals surface area contributed by atoms with Gasteiger partial charge < -0.3 is 10.6 Å². The molecule has 7 nitrogen and oxygen atoms in total. The van der Waals surface area contributed by atoms with Gasteiger partial charge in [0.25, 0.3) is 5.91 Å². The first-order valence-corrected chi connectivity index (χ1v) is 10.9. The Labute approximate surface area is 197 Å². The van der Waals surface area contributed by atoms with Gasteiger partial charge in [0, 0.05) is 47.8 Å². The number of amides is 1. The number of benzene rings is 2. The van der Waals surface area contributed by atoms with Crippen LogP contribution in [0.25, 0.3) is 33.3 Å². The van der Waals surface area contributed by atoms with E-state index >= 15 is 0 Å². The van der Waals surface area contributed by atoms with Gasteiger partial charge in [-0.3, -0.25) is 9.78 Å². The number of nitrogens with zero attached hydrogens (tertiary/aromatic N) is 4. The van der Waals surface area contributed by atoms with Crippen molar-refractivity contribution < 1.29 is 4.79 Å². The Bertz CT molecular complexity index is 1440. The Morgan fingerprint density at radius 1 is 0.824 bits per heavy atom. The minimum Gasteiger partial charge on any atom is -0.388 e. The second kappa shape index (κ2) is 9.46. The monoisotopic (exact) mass is 446 g/mol. The molecule has 0 bridgehead atoms. The molecule has 2 aromatic carbocycles. The van der Waals surface area contributed by atoms with E-state index in [9.17, 15) is 4.79 Å². The van der Waals surface area contributed by atoms with Crippen molar-refractivity contribution in [2.75, 3.05) is 12.4 Å². The van der Waals surface area contributed by atoms with Crippen molar-refractivity contribution in [3.05, 3.63) is 103 Å². The predicted molar refractivity (Wildman–Crippen MR) is 133 cm³/mol. The molecular weight excluding hydrogens is 424 g/mol. The van der Waals surface area contributed by atoms with E-state index < -0.39 is 0 Å². The number of anilines is 1. The Morgan fingerprint density at radius 2 is 1.59 bits per heavy atom. The zero-order chi connectivity index (χ0) is 23.3.